The molecule has 0 aromatic rings. The molecule has 14 heavy (non-hydrogen) atoms. The molecule has 3 heteroatoms. The third-order valence-electron chi connectivity index (χ3n) is 4.65. The minimum atomic E-state index is -0.183. The molecule has 0 nitrogen and oxygen atoms in total. The monoisotopic (exact) mass is 249 g/mol. The molecule has 0 heterocycles. The van der Waals surface area contributed by atoms with Crippen LogP contribution in [0.25, 0.3) is 0 Å². The van der Waals surface area contributed by atoms with E-state index in [1.54, 1.807) is 0 Å². The molecule has 0 saturated heterocycles. The Morgan fingerprint density at radius 3 is 1.43 bits per heavy atom. The third kappa shape index (κ3) is 1.73. The second-order valence-electron chi connectivity index (χ2n) is 5.12. The van der Waals surface area contributed by atoms with Crippen LogP contribution in [-0.4, -0.2) is 8.83 Å². The van der Waals surface area contributed by atoms with Crippen LogP contribution in [-0.2, 0) is 12.6 Å². The van der Waals surface area contributed by atoms with Gasteiger partial charge in [0.15, 0.2) is 0 Å². The molecule has 0 spiro atoms. The lowest BCUT2D eigenvalue weighted by Crippen LogP contribution is -2.57. The van der Waals surface area contributed by atoms with E-state index in [0.29, 0.717) is 23.7 Å². The Bertz CT molecular complexity index is 179. The Labute approximate surface area is 105 Å². The van der Waals surface area contributed by atoms with Gasteiger partial charge in [0.1, 0.15) is 0 Å². The van der Waals surface area contributed by atoms with Crippen LogP contribution < -0.4 is 0 Å². The van der Waals surface area contributed by atoms with Gasteiger partial charge in [-0.3, -0.25) is 0 Å². The minimum absolute atomic E-state index is 0.0200. The summed E-state index contributed by atoms with van der Waals surface area (Å²) in [6.45, 7) is 11.1. The average Bonchev–Trinajstić information content (AvgIpc) is 2.11. The fraction of sp³-hybridized carbons (Fsp3) is 1.00. The number of hydrogen-bond donors (Lipinski definition) is 2. The van der Waals surface area contributed by atoms with E-state index in [-0.39, 0.29) is 8.83 Å². The number of thiol groups is 2. The molecule has 0 aromatic carbocycles. The molecule has 84 valence electrons. The highest BCUT2D eigenvalue weighted by atomic mass is 32.2. The highest BCUT2D eigenvalue weighted by molar-refractivity contribution is 8.00. The summed E-state index contributed by atoms with van der Waals surface area (Å²) in [7, 11) is 0. The van der Waals surface area contributed by atoms with Crippen LogP contribution >= 0.6 is 25.3 Å². The fourth-order valence-electron chi connectivity index (χ4n) is 2.56. The summed E-state index contributed by atoms with van der Waals surface area (Å²) in [5.74, 6) is 1.86. The van der Waals surface area contributed by atoms with E-state index in [1.165, 1.54) is 0 Å². The number of rotatable bonds is 0. The standard InChI is InChI=1S/C11H22S3/c1-6-8(3)11(13,14)9(4)7(2)10(6,5)12/h6-9,12-14H,1-5H3/p-1/t6-,7?,8+,9?,10?/m1/s1. The van der Waals surface area contributed by atoms with Crippen LogP contribution in [0.5, 0.6) is 0 Å². The van der Waals surface area contributed by atoms with Crippen molar-refractivity contribution < 1.29 is 0 Å². The van der Waals surface area contributed by atoms with Crippen molar-refractivity contribution in [3.8, 4) is 0 Å². The lowest BCUT2D eigenvalue weighted by molar-refractivity contribution is 0.108. The molecule has 1 rings (SSSR count). The molecule has 0 bridgehead atoms. The van der Waals surface area contributed by atoms with Crippen LogP contribution in [0.3, 0.4) is 0 Å². The zero-order chi connectivity index (χ0) is 11.3. The normalized spacial score (nSPS) is 53.1. The number of hydrogen-bond acceptors (Lipinski definition) is 3. The molecule has 0 aromatic heterocycles. The van der Waals surface area contributed by atoms with Crippen molar-refractivity contribution in [3.63, 3.8) is 0 Å². The van der Waals surface area contributed by atoms with Crippen LogP contribution in [0, 0.1) is 23.7 Å². The molecule has 0 N–H and O–H groups in total. The van der Waals surface area contributed by atoms with Crippen molar-refractivity contribution in [1.29, 1.82) is 0 Å². The third-order valence-corrected chi connectivity index (χ3v) is 7.02. The Morgan fingerprint density at radius 1 is 0.857 bits per heavy atom. The van der Waals surface area contributed by atoms with Gasteiger partial charge in [-0.05, 0) is 11.8 Å². The molecule has 1 fully saturated rings. The summed E-state index contributed by atoms with van der Waals surface area (Å²) in [6.07, 6.45) is 0. The van der Waals surface area contributed by atoms with Crippen molar-refractivity contribution in [1.82, 2.24) is 0 Å². The summed E-state index contributed by atoms with van der Waals surface area (Å²) < 4.78 is -0.203. The largest absolute Gasteiger partial charge is 0.786 e. The molecule has 1 saturated carbocycles. The molecule has 0 radical (unpaired) electrons. The molecular formula is C11H21S3-. The predicted molar refractivity (Wildman–Crippen MR) is 73.1 cm³/mol. The Hall–Kier alpha value is 1.05. The minimum Gasteiger partial charge on any atom is -0.786 e. The first-order chi connectivity index (χ1) is 6.13. The zero-order valence-corrected chi connectivity index (χ0v) is 12.2. The summed E-state index contributed by atoms with van der Waals surface area (Å²) >= 11 is 15.2. The molecular weight excluding hydrogens is 228 g/mol. The maximum atomic E-state index is 5.73. The van der Waals surface area contributed by atoms with E-state index in [1.807, 2.05) is 0 Å². The maximum Gasteiger partial charge on any atom is 0.0606 e. The Kier molecular flexibility index (Phi) is 3.57. The van der Waals surface area contributed by atoms with Crippen molar-refractivity contribution in [2.75, 3.05) is 0 Å². The summed E-state index contributed by atoms with van der Waals surface area (Å²) in [5.41, 5.74) is 0. The van der Waals surface area contributed by atoms with E-state index in [2.05, 4.69) is 34.6 Å². The van der Waals surface area contributed by atoms with Crippen LogP contribution in [0.1, 0.15) is 34.6 Å². The summed E-state index contributed by atoms with van der Waals surface area (Å²) in [5, 5.41) is 0. The average molecular weight is 249 g/mol. The Balaban J connectivity index is 3.07. The van der Waals surface area contributed by atoms with Crippen molar-refractivity contribution in [2.45, 2.75) is 43.4 Å². The van der Waals surface area contributed by atoms with Gasteiger partial charge >= 0.3 is 0 Å². The van der Waals surface area contributed by atoms with Gasteiger partial charge in [0.25, 0.3) is 0 Å². The summed E-state index contributed by atoms with van der Waals surface area (Å²) in [6, 6.07) is 0. The van der Waals surface area contributed by atoms with Gasteiger partial charge < -0.3 is 12.6 Å². The first-order valence-electron chi connectivity index (χ1n) is 5.28. The van der Waals surface area contributed by atoms with Gasteiger partial charge in [0.05, 0.1) is 4.08 Å². The lowest BCUT2D eigenvalue weighted by atomic mass is 9.63. The van der Waals surface area contributed by atoms with Gasteiger partial charge in [-0.2, -0.15) is 25.3 Å². The van der Waals surface area contributed by atoms with Crippen molar-refractivity contribution in [2.24, 2.45) is 23.7 Å². The first kappa shape index (κ1) is 13.1. The lowest BCUT2D eigenvalue weighted by Gasteiger charge is -2.62. The van der Waals surface area contributed by atoms with Gasteiger partial charge in [-0.25, -0.2) is 0 Å². The van der Waals surface area contributed by atoms with E-state index < -0.39 is 0 Å². The van der Waals surface area contributed by atoms with Crippen LogP contribution in [0.4, 0.5) is 0 Å². The highest BCUT2D eigenvalue weighted by Crippen LogP contribution is 2.54. The smallest absolute Gasteiger partial charge is 0.0606 e. The maximum absolute atomic E-state index is 5.73. The second-order valence-corrected chi connectivity index (χ2v) is 7.83. The summed E-state index contributed by atoms with van der Waals surface area (Å²) in [4.78, 5) is 0. The predicted octanol–water partition coefficient (Wildman–Crippen LogP) is 3.41. The quantitative estimate of drug-likeness (QED) is 0.377. The topological polar surface area (TPSA) is 0 Å². The van der Waals surface area contributed by atoms with E-state index >= 15 is 0 Å². The molecule has 1 aliphatic carbocycles. The van der Waals surface area contributed by atoms with Crippen LogP contribution in [0.2, 0.25) is 0 Å². The molecule has 0 amide bonds. The first-order valence-corrected chi connectivity index (χ1v) is 6.58. The Morgan fingerprint density at radius 2 is 1.14 bits per heavy atom. The SMILES string of the molecule is CC1C(C)C(S)(S)[C@@H](C)[C@@H](C)C1(C)[S-]. The fourth-order valence-corrected chi connectivity index (χ4v) is 3.86. The van der Waals surface area contributed by atoms with Gasteiger partial charge in [0, 0.05) is 0 Å². The highest BCUT2D eigenvalue weighted by Gasteiger charge is 2.49. The molecule has 3 unspecified atom stereocenters. The van der Waals surface area contributed by atoms with E-state index in [9.17, 15) is 0 Å². The van der Waals surface area contributed by atoms with Gasteiger partial charge in [-0.15, -0.1) is 4.75 Å². The molecule has 5 atom stereocenters. The van der Waals surface area contributed by atoms with Gasteiger partial charge in [0.2, 0.25) is 0 Å². The van der Waals surface area contributed by atoms with Crippen molar-refractivity contribution in [3.05, 3.63) is 0 Å². The second kappa shape index (κ2) is 3.81. The van der Waals surface area contributed by atoms with Crippen LogP contribution in [0.15, 0.2) is 0 Å². The van der Waals surface area contributed by atoms with E-state index in [4.69, 9.17) is 37.9 Å². The molecule has 0 aliphatic heterocycles. The van der Waals surface area contributed by atoms with E-state index in [0.717, 1.165) is 0 Å². The zero-order valence-electron chi connectivity index (χ0n) is 9.61. The van der Waals surface area contributed by atoms with Crippen molar-refractivity contribution >= 4 is 37.9 Å². The molecule has 1 aliphatic rings. The van der Waals surface area contributed by atoms with Gasteiger partial charge in [-0.1, -0.05) is 46.5 Å².